The molecule has 31 heavy (non-hydrogen) atoms. The number of pyridine rings is 1. The number of methoxy groups -OCH3 is 1. The first-order valence-corrected chi connectivity index (χ1v) is 11.3. The van der Waals surface area contributed by atoms with Crippen LogP contribution in [0.2, 0.25) is 0 Å². The van der Waals surface area contributed by atoms with Gasteiger partial charge in [-0.25, -0.2) is 0 Å². The van der Waals surface area contributed by atoms with Crippen LogP contribution < -0.4 is 15.4 Å². The van der Waals surface area contributed by atoms with E-state index in [1.807, 2.05) is 33.3 Å². The van der Waals surface area contributed by atoms with Crippen molar-refractivity contribution in [3.05, 3.63) is 46.4 Å². The Kier molecular flexibility index (Phi) is 6.13. The van der Waals surface area contributed by atoms with E-state index in [9.17, 15) is 4.79 Å². The third-order valence-electron chi connectivity index (χ3n) is 6.75. The van der Waals surface area contributed by atoms with E-state index in [0.717, 1.165) is 36.1 Å². The maximum absolute atomic E-state index is 12.1. The first-order chi connectivity index (χ1) is 14.8. The molecular weight excluding hydrogens is 390 g/mol. The van der Waals surface area contributed by atoms with Gasteiger partial charge in [0.25, 0.3) is 5.56 Å². The Morgan fingerprint density at radius 1 is 1.10 bits per heavy atom. The van der Waals surface area contributed by atoms with E-state index in [4.69, 9.17) is 9.47 Å². The van der Waals surface area contributed by atoms with Crippen LogP contribution in [0.1, 0.15) is 32.3 Å². The molecule has 1 atom stereocenters. The van der Waals surface area contributed by atoms with Crippen LogP contribution in [0.25, 0.3) is 11.1 Å². The molecule has 0 N–H and O–H groups in total. The van der Waals surface area contributed by atoms with E-state index in [2.05, 4.69) is 48.9 Å². The van der Waals surface area contributed by atoms with Gasteiger partial charge in [-0.15, -0.1) is 0 Å². The monoisotopic (exact) mass is 425 g/mol. The van der Waals surface area contributed by atoms with Crippen molar-refractivity contribution in [2.24, 2.45) is 13.0 Å². The van der Waals surface area contributed by atoms with Gasteiger partial charge in [0.15, 0.2) is 0 Å². The molecule has 1 saturated carbocycles. The molecule has 0 spiro atoms. The Morgan fingerprint density at radius 2 is 1.84 bits per heavy atom. The number of rotatable bonds is 7. The standard InChI is InChI=1S/C25H35N3O3/c1-16(2)31-10-9-28-23-14-18(20-11-17(3)25(29)26(4)15-20)7-8-22(23)27(5)24(28)19-12-21(13-19)30-6/h7-8,11,14-16,19,21,24H,9-10,12-13H2,1-6H3. The van der Waals surface area contributed by atoms with Crippen molar-refractivity contribution in [3.63, 3.8) is 0 Å². The molecule has 1 aliphatic carbocycles. The second-order valence-corrected chi connectivity index (χ2v) is 9.26. The molecule has 0 saturated heterocycles. The van der Waals surface area contributed by atoms with Crippen molar-refractivity contribution in [1.29, 1.82) is 0 Å². The number of nitrogens with zero attached hydrogens (tertiary/aromatic N) is 3. The summed E-state index contributed by atoms with van der Waals surface area (Å²) in [6, 6.07) is 8.64. The molecule has 0 radical (unpaired) electrons. The number of hydrogen-bond donors (Lipinski definition) is 0. The lowest BCUT2D eigenvalue weighted by Crippen LogP contribution is -2.53. The maximum Gasteiger partial charge on any atom is 0.253 e. The van der Waals surface area contributed by atoms with Gasteiger partial charge in [0, 0.05) is 45.4 Å². The third kappa shape index (κ3) is 4.11. The molecule has 1 aliphatic heterocycles. The van der Waals surface area contributed by atoms with E-state index in [0.29, 0.717) is 24.8 Å². The molecule has 2 aromatic rings. The summed E-state index contributed by atoms with van der Waals surface area (Å²) in [4.78, 5) is 17.1. The Balaban J connectivity index is 1.68. The van der Waals surface area contributed by atoms with Crippen LogP contribution in [0.15, 0.2) is 35.3 Å². The normalized spacial score (nSPS) is 22.7. The number of anilines is 2. The molecule has 1 aromatic carbocycles. The van der Waals surface area contributed by atoms with Crippen LogP contribution in [-0.4, -0.2) is 50.2 Å². The molecule has 2 aliphatic rings. The molecule has 1 fully saturated rings. The first kappa shape index (κ1) is 21.9. The first-order valence-electron chi connectivity index (χ1n) is 11.3. The topological polar surface area (TPSA) is 46.9 Å². The Hall–Kier alpha value is -2.31. The lowest BCUT2D eigenvalue weighted by molar-refractivity contribution is -0.00827. The zero-order chi connectivity index (χ0) is 22.3. The van der Waals surface area contributed by atoms with Gasteiger partial charge in [0.05, 0.1) is 30.2 Å². The predicted octanol–water partition coefficient (Wildman–Crippen LogP) is 3.79. The van der Waals surface area contributed by atoms with E-state index in [-0.39, 0.29) is 11.7 Å². The summed E-state index contributed by atoms with van der Waals surface area (Å²) in [5, 5.41) is 0. The Morgan fingerprint density at radius 3 is 2.48 bits per heavy atom. The molecule has 0 bridgehead atoms. The van der Waals surface area contributed by atoms with Gasteiger partial charge in [-0.05, 0) is 62.9 Å². The van der Waals surface area contributed by atoms with Crippen LogP contribution in [0.4, 0.5) is 11.4 Å². The van der Waals surface area contributed by atoms with Gasteiger partial charge in [-0.2, -0.15) is 0 Å². The van der Waals surface area contributed by atoms with E-state index in [1.54, 1.807) is 4.57 Å². The fourth-order valence-electron chi connectivity index (χ4n) is 5.01. The van der Waals surface area contributed by atoms with E-state index in [1.165, 1.54) is 11.4 Å². The lowest BCUT2D eigenvalue weighted by atomic mass is 9.79. The fraction of sp³-hybridized carbons (Fsp3) is 0.560. The number of hydrogen-bond acceptors (Lipinski definition) is 5. The SMILES string of the molecule is COC1CC(C2N(C)c3ccc(-c4cc(C)c(=O)n(C)c4)cc3N2CCOC(C)C)C1. The molecule has 168 valence electrons. The van der Waals surface area contributed by atoms with Crippen molar-refractivity contribution < 1.29 is 9.47 Å². The predicted molar refractivity (Wildman–Crippen MR) is 126 cm³/mol. The van der Waals surface area contributed by atoms with Gasteiger partial charge in [0.1, 0.15) is 6.17 Å². The number of ether oxygens (including phenoxy) is 2. The molecule has 1 unspecified atom stereocenters. The number of aromatic nitrogens is 1. The van der Waals surface area contributed by atoms with Crippen molar-refractivity contribution in [3.8, 4) is 11.1 Å². The second kappa shape index (κ2) is 8.67. The summed E-state index contributed by atoms with van der Waals surface area (Å²) in [5.41, 5.74) is 5.50. The van der Waals surface area contributed by atoms with Crippen molar-refractivity contribution in [2.45, 2.75) is 52.0 Å². The molecule has 0 amide bonds. The van der Waals surface area contributed by atoms with Crippen molar-refractivity contribution in [1.82, 2.24) is 4.57 Å². The van der Waals surface area contributed by atoms with Crippen LogP contribution in [0.5, 0.6) is 0 Å². The number of fused-ring (bicyclic) bond motifs is 1. The highest BCUT2D eigenvalue weighted by molar-refractivity contribution is 5.83. The third-order valence-corrected chi connectivity index (χ3v) is 6.75. The summed E-state index contributed by atoms with van der Waals surface area (Å²) in [5.74, 6) is 0.574. The molecular formula is C25H35N3O3. The van der Waals surface area contributed by atoms with Gasteiger partial charge in [-0.3, -0.25) is 4.79 Å². The summed E-state index contributed by atoms with van der Waals surface area (Å²) in [6.45, 7) is 7.59. The van der Waals surface area contributed by atoms with Crippen molar-refractivity contribution >= 4 is 11.4 Å². The number of benzene rings is 1. The summed E-state index contributed by atoms with van der Waals surface area (Å²) >= 11 is 0. The highest BCUT2D eigenvalue weighted by atomic mass is 16.5. The van der Waals surface area contributed by atoms with Gasteiger partial charge in [0.2, 0.25) is 0 Å². The minimum Gasteiger partial charge on any atom is -0.381 e. The Bertz CT molecular complexity index is 968. The highest BCUT2D eigenvalue weighted by Crippen LogP contribution is 2.47. The molecule has 1 aromatic heterocycles. The quantitative estimate of drug-likeness (QED) is 0.675. The zero-order valence-corrected chi connectivity index (χ0v) is 19.6. The molecule has 6 nitrogen and oxygen atoms in total. The average molecular weight is 426 g/mol. The maximum atomic E-state index is 12.1. The summed E-state index contributed by atoms with van der Waals surface area (Å²) in [6.07, 6.45) is 5.02. The Labute approximate surface area is 185 Å². The summed E-state index contributed by atoms with van der Waals surface area (Å²) < 4.78 is 13.1. The lowest BCUT2D eigenvalue weighted by Gasteiger charge is -2.44. The smallest absolute Gasteiger partial charge is 0.253 e. The average Bonchev–Trinajstić information content (AvgIpc) is 2.96. The van der Waals surface area contributed by atoms with Crippen LogP contribution in [0.3, 0.4) is 0 Å². The largest absolute Gasteiger partial charge is 0.381 e. The van der Waals surface area contributed by atoms with Gasteiger partial charge >= 0.3 is 0 Å². The van der Waals surface area contributed by atoms with Gasteiger partial charge < -0.3 is 23.8 Å². The highest BCUT2D eigenvalue weighted by Gasteiger charge is 2.44. The van der Waals surface area contributed by atoms with Crippen LogP contribution >= 0.6 is 0 Å². The molecule has 6 heteroatoms. The second-order valence-electron chi connectivity index (χ2n) is 9.26. The van der Waals surface area contributed by atoms with E-state index >= 15 is 0 Å². The molecule has 2 heterocycles. The number of aryl methyl sites for hydroxylation is 2. The summed E-state index contributed by atoms with van der Waals surface area (Å²) in [7, 11) is 5.82. The zero-order valence-electron chi connectivity index (χ0n) is 19.6. The van der Waals surface area contributed by atoms with Gasteiger partial charge in [-0.1, -0.05) is 6.07 Å². The van der Waals surface area contributed by atoms with Crippen molar-refractivity contribution in [2.75, 3.05) is 37.1 Å². The minimum absolute atomic E-state index is 0.0508. The molecule has 4 rings (SSSR count). The fourth-order valence-corrected chi connectivity index (χ4v) is 5.01. The minimum atomic E-state index is 0.0508. The van der Waals surface area contributed by atoms with Crippen LogP contribution in [0, 0.1) is 12.8 Å². The van der Waals surface area contributed by atoms with Crippen LogP contribution in [-0.2, 0) is 16.5 Å². The van der Waals surface area contributed by atoms with E-state index < -0.39 is 0 Å².